The highest BCUT2D eigenvalue weighted by Crippen LogP contribution is 2.13. The van der Waals surface area contributed by atoms with E-state index in [9.17, 15) is 4.79 Å². The molecule has 1 N–H and O–H groups in total. The van der Waals surface area contributed by atoms with Gasteiger partial charge in [-0.15, -0.1) is 0 Å². The van der Waals surface area contributed by atoms with E-state index in [1.165, 1.54) is 0 Å². The average Bonchev–Trinajstić information content (AvgIpc) is 2.28. The Bertz CT molecular complexity index is 243. The third kappa shape index (κ3) is 1.09. The van der Waals surface area contributed by atoms with E-state index < -0.39 is 0 Å². The van der Waals surface area contributed by atoms with Crippen molar-refractivity contribution in [3.63, 3.8) is 0 Å². The van der Waals surface area contributed by atoms with Crippen molar-refractivity contribution in [2.24, 2.45) is 0 Å². The zero-order chi connectivity index (χ0) is 8.72. The maximum Gasteiger partial charge on any atom is 0.250 e. The van der Waals surface area contributed by atoms with Crippen molar-refractivity contribution in [3.05, 3.63) is 0 Å². The van der Waals surface area contributed by atoms with Crippen LogP contribution in [0, 0.1) is 0 Å². The summed E-state index contributed by atoms with van der Waals surface area (Å²) in [6, 6.07) is -0.0451. The molecule has 2 rings (SSSR count). The second-order valence-corrected chi connectivity index (χ2v) is 3.65. The standard InChI is InChI=1S/C7H11N3OS/c1-9-2-3-10-5(4-9)6(11)8-7(10)12/h5H,2-4H2,1H3,(H,8,11,12). The molecule has 0 saturated carbocycles. The molecule has 1 unspecified atom stereocenters. The smallest absolute Gasteiger partial charge is 0.250 e. The molecule has 0 spiro atoms. The van der Waals surface area contributed by atoms with Gasteiger partial charge in [0, 0.05) is 19.6 Å². The molecular weight excluding hydrogens is 174 g/mol. The van der Waals surface area contributed by atoms with Crippen LogP contribution in [-0.4, -0.2) is 53.5 Å². The highest BCUT2D eigenvalue weighted by atomic mass is 32.1. The fourth-order valence-corrected chi connectivity index (χ4v) is 1.97. The van der Waals surface area contributed by atoms with Gasteiger partial charge in [0.2, 0.25) is 5.91 Å². The maximum atomic E-state index is 11.3. The average molecular weight is 185 g/mol. The van der Waals surface area contributed by atoms with E-state index in [4.69, 9.17) is 12.2 Å². The van der Waals surface area contributed by atoms with Crippen molar-refractivity contribution >= 4 is 23.2 Å². The van der Waals surface area contributed by atoms with Crippen LogP contribution < -0.4 is 5.32 Å². The van der Waals surface area contributed by atoms with E-state index in [0.717, 1.165) is 19.6 Å². The normalized spacial score (nSPS) is 30.4. The van der Waals surface area contributed by atoms with Crippen LogP contribution in [0.5, 0.6) is 0 Å². The Morgan fingerprint density at radius 1 is 1.58 bits per heavy atom. The predicted molar refractivity (Wildman–Crippen MR) is 48.7 cm³/mol. The van der Waals surface area contributed by atoms with Crippen molar-refractivity contribution in [2.45, 2.75) is 6.04 Å². The van der Waals surface area contributed by atoms with Gasteiger partial charge in [-0.25, -0.2) is 0 Å². The summed E-state index contributed by atoms with van der Waals surface area (Å²) < 4.78 is 0. The van der Waals surface area contributed by atoms with Crippen molar-refractivity contribution in [1.82, 2.24) is 15.1 Å². The number of thiocarbonyl (C=S) groups is 1. The Balaban J connectivity index is 2.17. The minimum absolute atomic E-state index is 0.0451. The molecule has 0 bridgehead atoms. The summed E-state index contributed by atoms with van der Waals surface area (Å²) in [5.74, 6) is 0.0477. The summed E-state index contributed by atoms with van der Waals surface area (Å²) in [5.41, 5.74) is 0. The van der Waals surface area contributed by atoms with Gasteiger partial charge in [0.1, 0.15) is 6.04 Å². The van der Waals surface area contributed by atoms with Crippen molar-refractivity contribution in [1.29, 1.82) is 0 Å². The molecule has 1 amide bonds. The topological polar surface area (TPSA) is 35.6 Å². The Morgan fingerprint density at radius 3 is 3.08 bits per heavy atom. The van der Waals surface area contributed by atoms with Crippen LogP contribution in [0.25, 0.3) is 0 Å². The highest BCUT2D eigenvalue weighted by molar-refractivity contribution is 7.80. The molecule has 0 radical (unpaired) electrons. The monoisotopic (exact) mass is 185 g/mol. The number of nitrogens with zero attached hydrogens (tertiary/aromatic N) is 2. The van der Waals surface area contributed by atoms with Crippen LogP contribution in [0.15, 0.2) is 0 Å². The van der Waals surface area contributed by atoms with E-state index in [0.29, 0.717) is 5.11 Å². The first-order valence-corrected chi connectivity index (χ1v) is 4.39. The first-order valence-electron chi connectivity index (χ1n) is 3.98. The quantitative estimate of drug-likeness (QED) is 0.492. The molecule has 2 aliphatic heterocycles. The second kappa shape index (κ2) is 2.67. The minimum Gasteiger partial charge on any atom is -0.334 e. The molecule has 66 valence electrons. The van der Waals surface area contributed by atoms with Crippen LogP contribution in [0.2, 0.25) is 0 Å². The van der Waals surface area contributed by atoms with E-state index in [1.54, 1.807) is 0 Å². The molecule has 0 aromatic rings. The van der Waals surface area contributed by atoms with Crippen LogP contribution in [0.4, 0.5) is 0 Å². The van der Waals surface area contributed by atoms with Crippen molar-refractivity contribution in [3.8, 4) is 0 Å². The fourth-order valence-electron chi connectivity index (χ4n) is 1.65. The van der Waals surface area contributed by atoms with E-state index >= 15 is 0 Å². The van der Waals surface area contributed by atoms with Crippen LogP contribution in [0.3, 0.4) is 0 Å². The summed E-state index contributed by atoms with van der Waals surface area (Å²) in [6.45, 7) is 2.62. The van der Waals surface area contributed by atoms with Crippen LogP contribution >= 0.6 is 12.2 Å². The van der Waals surface area contributed by atoms with Gasteiger partial charge < -0.3 is 15.1 Å². The summed E-state index contributed by atoms with van der Waals surface area (Å²) in [7, 11) is 2.02. The highest BCUT2D eigenvalue weighted by Gasteiger charge is 2.38. The largest absolute Gasteiger partial charge is 0.334 e. The molecule has 4 nitrogen and oxygen atoms in total. The molecule has 5 heteroatoms. The number of likely N-dealkylation sites (N-methyl/N-ethyl adjacent to an activating group) is 1. The van der Waals surface area contributed by atoms with Crippen molar-refractivity contribution < 1.29 is 4.79 Å². The van der Waals surface area contributed by atoms with E-state index in [-0.39, 0.29) is 11.9 Å². The number of fused-ring (bicyclic) bond motifs is 1. The third-order valence-electron chi connectivity index (χ3n) is 2.38. The van der Waals surface area contributed by atoms with E-state index in [2.05, 4.69) is 10.2 Å². The zero-order valence-electron chi connectivity index (χ0n) is 6.91. The third-order valence-corrected chi connectivity index (χ3v) is 2.71. The summed E-state index contributed by atoms with van der Waals surface area (Å²) in [5, 5.41) is 3.27. The van der Waals surface area contributed by atoms with Gasteiger partial charge in [-0.3, -0.25) is 4.79 Å². The van der Waals surface area contributed by atoms with Gasteiger partial charge in [-0.2, -0.15) is 0 Å². The predicted octanol–water partition coefficient (Wildman–Crippen LogP) is -0.983. The molecule has 1 atom stereocenters. The Labute approximate surface area is 76.5 Å². The molecule has 2 heterocycles. The Hall–Kier alpha value is -0.680. The number of carbonyl (C=O) groups excluding carboxylic acids is 1. The van der Waals surface area contributed by atoms with Gasteiger partial charge in [-0.1, -0.05) is 0 Å². The van der Waals surface area contributed by atoms with Gasteiger partial charge in [0.25, 0.3) is 0 Å². The molecule has 0 aromatic heterocycles. The molecule has 2 aliphatic rings. The number of amides is 1. The lowest BCUT2D eigenvalue weighted by molar-refractivity contribution is -0.122. The SMILES string of the molecule is CN1CCN2C(=S)NC(=O)C2C1. The molecule has 2 saturated heterocycles. The van der Waals surface area contributed by atoms with Crippen LogP contribution in [-0.2, 0) is 4.79 Å². The number of carbonyl (C=O) groups is 1. The first kappa shape index (κ1) is 7.94. The Morgan fingerprint density at radius 2 is 2.33 bits per heavy atom. The number of hydrogen-bond acceptors (Lipinski definition) is 3. The summed E-state index contributed by atoms with van der Waals surface area (Å²) >= 11 is 5.01. The lowest BCUT2D eigenvalue weighted by atomic mass is 10.2. The molecular formula is C7H11N3OS. The molecule has 2 fully saturated rings. The second-order valence-electron chi connectivity index (χ2n) is 3.27. The number of piperazine rings is 1. The Kier molecular flexibility index (Phi) is 1.77. The lowest BCUT2D eigenvalue weighted by Gasteiger charge is -2.33. The van der Waals surface area contributed by atoms with Gasteiger partial charge in [-0.05, 0) is 19.3 Å². The number of rotatable bonds is 0. The first-order chi connectivity index (χ1) is 5.68. The summed E-state index contributed by atoms with van der Waals surface area (Å²) in [6.07, 6.45) is 0. The number of nitrogens with one attached hydrogen (secondary N) is 1. The minimum atomic E-state index is -0.0451. The van der Waals surface area contributed by atoms with Crippen molar-refractivity contribution in [2.75, 3.05) is 26.7 Å². The molecule has 0 aliphatic carbocycles. The summed E-state index contributed by atoms with van der Waals surface area (Å²) in [4.78, 5) is 15.4. The fraction of sp³-hybridized carbons (Fsp3) is 0.714. The lowest BCUT2D eigenvalue weighted by Crippen LogP contribution is -2.51. The maximum absolute atomic E-state index is 11.3. The van der Waals surface area contributed by atoms with Gasteiger partial charge in [0.05, 0.1) is 0 Å². The van der Waals surface area contributed by atoms with E-state index in [1.807, 2.05) is 11.9 Å². The molecule has 0 aromatic carbocycles. The number of hydrogen-bond donors (Lipinski definition) is 1. The van der Waals surface area contributed by atoms with Gasteiger partial charge in [0.15, 0.2) is 5.11 Å². The van der Waals surface area contributed by atoms with Gasteiger partial charge >= 0.3 is 0 Å². The zero-order valence-corrected chi connectivity index (χ0v) is 7.73. The molecule has 12 heavy (non-hydrogen) atoms. The van der Waals surface area contributed by atoms with Crippen LogP contribution in [0.1, 0.15) is 0 Å².